The molecule has 0 unspecified atom stereocenters. The minimum atomic E-state index is -3.27. The lowest BCUT2D eigenvalue weighted by atomic mass is 9.86. The van der Waals surface area contributed by atoms with E-state index in [0.717, 1.165) is 17.1 Å². The highest BCUT2D eigenvalue weighted by atomic mass is 32.2. The monoisotopic (exact) mass is 429 g/mol. The topological polar surface area (TPSA) is 78.5 Å². The van der Waals surface area contributed by atoms with Gasteiger partial charge < -0.3 is 10.2 Å². The van der Waals surface area contributed by atoms with Crippen LogP contribution >= 0.6 is 0 Å². The Kier molecular flexibility index (Phi) is 7.15. The Morgan fingerprint density at radius 1 is 0.933 bits per heavy atom. The minimum Gasteiger partial charge on any atom is -0.345 e. The van der Waals surface area contributed by atoms with Crippen molar-refractivity contribution >= 4 is 33.0 Å². The van der Waals surface area contributed by atoms with Gasteiger partial charge in [0, 0.05) is 36.1 Å². The van der Waals surface area contributed by atoms with Gasteiger partial charge in [0.05, 0.1) is 5.25 Å². The normalized spacial score (nSPS) is 19.5. The van der Waals surface area contributed by atoms with Gasteiger partial charge in [0.15, 0.2) is 0 Å². The van der Waals surface area contributed by atoms with Gasteiger partial charge in [0.25, 0.3) is 0 Å². The van der Waals surface area contributed by atoms with Gasteiger partial charge in [-0.3, -0.25) is 4.79 Å². The summed E-state index contributed by atoms with van der Waals surface area (Å²) in [5.41, 5.74) is 2.91. The van der Waals surface area contributed by atoms with Crippen molar-refractivity contribution in [2.45, 2.75) is 50.8 Å². The van der Waals surface area contributed by atoms with E-state index in [1.165, 1.54) is 0 Å². The molecular weight excluding hydrogens is 398 g/mol. The van der Waals surface area contributed by atoms with Crippen molar-refractivity contribution in [3.05, 3.63) is 54.6 Å². The first-order chi connectivity index (χ1) is 14.3. The lowest BCUT2D eigenvalue weighted by Gasteiger charge is -2.28. The summed E-state index contributed by atoms with van der Waals surface area (Å²) >= 11 is 0. The van der Waals surface area contributed by atoms with Gasteiger partial charge >= 0.3 is 0 Å². The lowest BCUT2D eigenvalue weighted by Crippen LogP contribution is -2.42. The number of hydrogen-bond acceptors (Lipinski definition) is 4. The molecule has 0 saturated heterocycles. The fraction of sp³-hybridized carbons (Fsp3) is 0.435. The number of para-hydroxylation sites is 1. The number of carbonyl (C=O) groups is 1. The fourth-order valence-electron chi connectivity index (χ4n) is 3.66. The Labute approximate surface area is 179 Å². The van der Waals surface area contributed by atoms with E-state index in [1.54, 1.807) is 13.8 Å². The van der Waals surface area contributed by atoms with Gasteiger partial charge in [0.2, 0.25) is 15.9 Å². The van der Waals surface area contributed by atoms with Crippen LogP contribution in [0, 0.1) is 5.92 Å². The van der Waals surface area contributed by atoms with Crippen LogP contribution in [0.4, 0.5) is 17.1 Å². The highest BCUT2D eigenvalue weighted by Crippen LogP contribution is 2.28. The molecule has 2 aromatic rings. The summed E-state index contributed by atoms with van der Waals surface area (Å²) in [7, 11) is -1.26. The van der Waals surface area contributed by atoms with Crippen molar-refractivity contribution < 1.29 is 13.2 Å². The Morgan fingerprint density at radius 2 is 1.50 bits per heavy atom. The Bertz CT molecular complexity index is 935. The molecule has 0 bridgehead atoms. The highest BCUT2D eigenvalue weighted by Gasteiger charge is 2.29. The molecule has 0 spiro atoms. The van der Waals surface area contributed by atoms with Gasteiger partial charge in [-0.25, -0.2) is 13.1 Å². The van der Waals surface area contributed by atoms with Crippen molar-refractivity contribution in [3.63, 3.8) is 0 Å². The van der Waals surface area contributed by atoms with Crippen LogP contribution in [-0.2, 0) is 14.8 Å². The van der Waals surface area contributed by atoms with Crippen LogP contribution in [0.5, 0.6) is 0 Å². The number of sulfonamides is 1. The maximum atomic E-state index is 12.6. The molecule has 0 atom stereocenters. The van der Waals surface area contributed by atoms with E-state index in [2.05, 4.69) is 14.9 Å². The molecule has 3 rings (SSSR count). The summed E-state index contributed by atoms with van der Waals surface area (Å²) in [5, 5.41) is 2.56. The molecule has 7 heteroatoms. The second-order valence-corrected chi connectivity index (χ2v) is 10.5. The van der Waals surface area contributed by atoms with Gasteiger partial charge in [-0.1, -0.05) is 18.2 Å². The molecule has 1 fully saturated rings. The predicted octanol–water partition coefficient (Wildman–Crippen LogP) is 4.28. The first-order valence-corrected chi connectivity index (χ1v) is 12.0. The van der Waals surface area contributed by atoms with E-state index < -0.39 is 15.3 Å². The molecule has 1 aliphatic rings. The maximum Gasteiger partial charge on any atom is 0.227 e. The van der Waals surface area contributed by atoms with Crippen molar-refractivity contribution in [2.75, 3.05) is 17.3 Å². The molecule has 1 amide bonds. The van der Waals surface area contributed by atoms with Crippen LogP contribution in [-0.4, -0.2) is 32.7 Å². The average molecular weight is 430 g/mol. The maximum absolute atomic E-state index is 12.6. The van der Waals surface area contributed by atoms with Crippen LogP contribution in [0.3, 0.4) is 0 Å². The standard InChI is InChI=1S/C23H31N3O3S/c1-17(2)30(28,29)25-20-11-9-18(10-12-20)23(27)24-19-13-15-22(16-14-19)26(3)21-7-5-4-6-8-21/h4-8,13-18,20,25H,9-12H2,1-3H3,(H,24,27). The van der Waals surface area contributed by atoms with Gasteiger partial charge in [-0.05, 0) is 75.9 Å². The lowest BCUT2D eigenvalue weighted by molar-refractivity contribution is -0.120. The summed E-state index contributed by atoms with van der Waals surface area (Å²) in [5.74, 6) is -0.0826. The largest absolute Gasteiger partial charge is 0.345 e. The van der Waals surface area contributed by atoms with Gasteiger partial charge in [0.1, 0.15) is 0 Å². The second kappa shape index (κ2) is 9.62. The molecule has 162 valence electrons. The molecule has 1 aliphatic carbocycles. The number of nitrogens with zero attached hydrogens (tertiary/aromatic N) is 1. The molecule has 0 aliphatic heterocycles. The number of carbonyl (C=O) groups excluding carboxylic acids is 1. The smallest absolute Gasteiger partial charge is 0.227 e. The Morgan fingerprint density at radius 3 is 2.07 bits per heavy atom. The van der Waals surface area contributed by atoms with Crippen molar-refractivity contribution in [3.8, 4) is 0 Å². The number of hydrogen-bond donors (Lipinski definition) is 2. The summed E-state index contributed by atoms with van der Waals surface area (Å²) in [6.45, 7) is 3.34. The molecule has 0 radical (unpaired) electrons. The minimum absolute atomic E-state index is 0.00401. The number of benzene rings is 2. The molecule has 30 heavy (non-hydrogen) atoms. The van der Waals surface area contributed by atoms with Crippen LogP contribution in [0.25, 0.3) is 0 Å². The van der Waals surface area contributed by atoms with E-state index >= 15 is 0 Å². The number of nitrogens with one attached hydrogen (secondary N) is 2. The number of amides is 1. The van der Waals surface area contributed by atoms with Crippen LogP contribution in [0.2, 0.25) is 0 Å². The second-order valence-electron chi connectivity index (χ2n) is 8.19. The van der Waals surface area contributed by atoms with E-state index in [0.29, 0.717) is 25.7 Å². The van der Waals surface area contributed by atoms with Crippen LogP contribution < -0.4 is 14.9 Å². The van der Waals surface area contributed by atoms with E-state index in [4.69, 9.17) is 0 Å². The third kappa shape index (κ3) is 5.61. The average Bonchev–Trinajstić information content (AvgIpc) is 2.74. The molecule has 0 aromatic heterocycles. The third-order valence-electron chi connectivity index (χ3n) is 5.72. The zero-order valence-electron chi connectivity index (χ0n) is 17.8. The first-order valence-electron chi connectivity index (χ1n) is 10.5. The number of anilines is 3. The van der Waals surface area contributed by atoms with Crippen molar-refractivity contribution in [2.24, 2.45) is 5.92 Å². The van der Waals surface area contributed by atoms with E-state index in [1.807, 2.05) is 61.6 Å². The predicted molar refractivity (Wildman–Crippen MR) is 123 cm³/mol. The molecule has 6 nitrogen and oxygen atoms in total. The summed E-state index contributed by atoms with van der Waals surface area (Å²) < 4.78 is 26.8. The highest BCUT2D eigenvalue weighted by molar-refractivity contribution is 7.90. The zero-order valence-corrected chi connectivity index (χ0v) is 18.7. The molecule has 0 heterocycles. The number of rotatable bonds is 7. The Balaban J connectivity index is 1.52. The first kappa shape index (κ1) is 22.3. The molecule has 2 N–H and O–H groups in total. The van der Waals surface area contributed by atoms with E-state index in [-0.39, 0.29) is 17.9 Å². The quantitative estimate of drug-likeness (QED) is 0.689. The van der Waals surface area contributed by atoms with Gasteiger partial charge in [-0.2, -0.15) is 0 Å². The van der Waals surface area contributed by atoms with Crippen LogP contribution in [0.1, 0.15) is 39.5 Å². The summed E-state index contributed by atoms with van der Waals surface area (Å²) in [6, 6.07) is 17.8. The van der Waals surface area contributed by atoms with E-state index in [9.17, 15) is 13.2 Å². The SMILES string of the molecule is CC(C)S(=O)(=O)NC1CCC(C(=O)Nc2ccc(N(C)c3ccccc3)cc2)CC1. The van der Waals surface area contributed by atoms with Crippen LogP contribution in [0.15, 0.2) is 54.6 Å². The van der Waals surface area contributed by atoms with Crippen molar-refractivity contribution in [1.29, 1.82) is 0 Å². The van der Waals surface area contributed by atoms with Crippen molar-refractivity contribution in [1.82, 2.24) is 4.72 Å². The third-order valence-corrected chi connectivity index (χ3v) is 7.62. The molecule has 1 saturated carbocycles. The molecular formula is C23H31N3O3S. The summed E-state index contributed by atoms with van der Waals surface area (Å²) in [6.07, 6.45) is 2.74. The Hall–Kier alpha value is -2.38. The summed E-state index contributed by atoms with van der Waals surface area (Å²) in [4.78, 5) is 14.7. The van der Waals surface area contributed by atoms with Gasteiger partial charge in [-0.15, -0.1) is 0 Å². The molecule has 2 aromatic carbocycles. The zero-order chi connectivity index (χ0) is 21.7. The fourth-order valence-corrected chi connectivity index (χ4v) is 4.63.